The summed E-state index contributed by atoms with van der Waals surface area (Å²) in [5.41, 5.74) is 6.86. The second-order valence-electron chi connectivity index (χ2n) is 5.30. The van der Waals surface area contributed by atoms with Gasteiger partial charge in [-0.05, 0) is 60.8 Å². The summed E-state index contributed by atoms with van der Waals surface area (Å²) in [4.78, 5) is 11.6. The maximum atomic E-state index is 11.6. The number of methoxy groups -OCH3 is 1. The van der Waals surface area contributed by atoms with Crippen molar-refractivity contribution < 1.29 is 14.3 Å². The number of hydrogen-bond donors (Lipinski definition) is 2. The van der Waals surface area contributed by atoms with Gasteiger partial charge in [0.1, 0.15) is 0 Å². The van der Waals surface area contributed by atoms with Crippen molar-refractivity contribution in [2.45, 2.75) is 39.3 Å². The Morgan fingerprint density at radius 3 is 2.57 bits per heavy atom. The molecule has 0 aromatic heterocycles. The van der Waals surface area contributed by atoms with Gasteiger partial charge in [-0.1, -0.05) is 0 Å². The summed E-state index contributed by atoms with van der Waals surface area (Å²) in [5.74, 6) is 0.931. The van der Waals surface area contributed by atoms with Crippen molar-refractivity contribution in [1.82, 2.24) is 5.32 Å². The van der Waals surface area contributed by atoms with E-state index in [0.29, 0.717) is 11.5 Å². The van der Waals surface area contributed by atoms with E-state index in [1.54, 1.807) is 7.11 Å². The van der Waals surface area contributed by atoms with E-state index < -0.39 is 0 Å². The third kappa shape index (κ3) is 5.93. The number of amides is 1. The molecule has 118 valence electrons. The van der Waals surface area contributed by atoms with Gasteiger partial charge < -0.3 is 20.5 Å². The Bertz CT molecular complexity index is 490. The highest BCUT2D eigenvalue weighted by molar-refractivity contribution is 9.10. The minimum atomic E-state index is -0.168. The van der Waals surface area contributed by atoms with Crippen LogP contribution in [-0.2, 0) is 11.2 Å². The van der Waals surface area contributed by atoms with Crippen molar-refractivity contribution in [2.75, 3.05) is 13.7 Å². The molecule has 0 aliphatic rings. The fourth-order valence-corrected chi connectivity index (χ4v) is 2.51. The second kappa shape index (κ2) is 8.24. The van der Waals surface area contributed by atoms with E-state index >= 15 is 0 Å². The molecule has 21 heavy (non-hydrogen) atoms. The molecule has 0 bridgehead atoms. The zero-order chi connectivity index (χ0) is 16.0. The Morgan fingerprint density at radius 1 is 1.38 bits per heavy atom. The fourth-order valence-electron chi connectivity index (χ4n) is 1.90. The largest absolute Gasteiger partial charge is 0.493 e. The summed E-state index contributed by atoms with van der Waals surface area (Å²) in [5, 5.41) is 2.77. The van der Waals surface area contributed by atoms with Crippen LogP contribution in [-0.4, -0.2) is 31.7 Å². The van der Waals surface area contributed by atoms with Crippen LogP contribution in [0.4, 0.5) is 0 Å². The van der Waals surface area contributed by atoms with Crippen LogP contribution >= 0.6 is 15.9 Å². The van der Waals surface area contributed by atoms with E-state index in [1.165, 1.54) is 0 Å². The molecule has 0 aliphatic heterocycles. The molecule has 0 radical (unpaired) electrons. The van der Waals surface area contributed by atoms with E-state index in [2.05, 4.69) is 21.2 Å². The van der Waals surface area contributed by atoms with Crippen LogP contribution in [0.1, 0.15) is 26.3 Å². The van der Waals surface area contributed by atoms with E-state index in [4.69, 9.17) is 15.2 Å². The van der Waals surface area contributed by atoms with Gasteiger partial charge in [0.05, 0.1) is 11.6 Å². The number of rotatable bonds is 7. The molecular weight excluding hydrogens is 336 g/mol. The summed E-state index contributed by atoms with van der Waals surface area (Å²) in [6.07, 6.45) is 0.739. The monoisotopic (exact) mass is 358 g/mol. The summed E-state index contributed by atoms with van der Waals surface area (Å²) in [7, 11) is 1.57. The Morgan fingerprint density at radius 2 is 2.05 bits per heavy atom. The van der Waals surface area contributed by atoms with Crippen molar-refractivity contribution >= 4 is 21.8 Å². The third-order valence-electron chi connectivity index (χ3n) is 2.64. The van der Waals surface area contributed by atoms with Crippen molar-refractivity contribution in [1.29, 1.82) is 0 Å². The molecule has 0 saturated carbocycles. The van der Waals surface area contributed by atoms with Crippen LogP contribution < -0.4 is 20.5 Å². The minimum Gasteiger partial charge on any atom is -0.493 e. The zero-order valence-electron chi connectivity index (χ0n) is 12.9. The Kier molecular flexibility index (Phi) is 6.98. The van der Waals surface area contributed by atoms with Crippen molar-refractivity contribution in [2.24, 2.45) is 5.73 Å². The number of carbonyl (C=O) groups is 1. The second-order valence-corrected chi connectivity index (χ2v) is 6.16. The maximum absolute atomic E-state index is 11.6. The van der Waals surface area contributed by atoms with Gasteiger partial charge in [0.15, 0.2) is 18.1 Å². The van der Waals surface area contributed by atoms with E-state index in [9.17, 15) is 4.79 Å². The first-order chi connectivity index (χ1) is 9.83. The van der Waals surface area contributed by atoms with Crippen molar-refractivity contribution in [3.05, 3.63) is 22.2 Å². The lowest BCUT2D eigenvalue weighted by Gasteiger charge is -2.15. The lowest BCUT2D eigenvalue weighted by atomic mass is 10.1. The van der Waals surface area contributed by atoms with E-state index in [1.807, 2.05) is 32.9 Å². The fraction of sp³-hybridized carbons (Fsp3) is 0.533. The minimum absolute atomic E-state index is 0.0558. The molecule has 0 spiro atoms. The van der Waals surface area contributed by atoms with Gasteiger partial charge in [-0.2, -0.15) is 0 Å². The maximum Gasteiger partial charge on any atom is 0.258 e. The van der Waals surface area contributed by atoms with E-state index in [-0.39, 0.29) is 24.6 Å². The zero-order valence-corrected chi connectivity index (χ0v) is 14.5. The van der Waals surface area contributed by atoms with Crippen molar-refractivity contribution in [3.8, 4) is 11.5 Å². The SMILES string of the molecule is COc1cc(CC(C)N)cc(Br)c1OCC(=O)NC(C)C. The van der Waals surface area contributed by atoms with Crippen LogP contribution in [0.5, 0.6) is 11.5 Å². The highest BCUT2D eigenvalue weighted by atomic mass is 79.9. The number of nitrogens with two attached hydrogens (primary N) is 1. The number of nitrogens with one attached hydrogen (secondary N) is 1. The van der Waals surface area contributed by atoms with Crippen LogP contribution in [0.3, 0.4) is 0 Å². The Balaban J connectivity index is 2.84. The lowest BCUT2D eigenvalue weighted by molar-refractivity contribution is -0.123. The third-order valence-corrected chi connectivity index (χ3v) is 3.23. The van der Waals surface area contributed by atoms with Crippen LogP contribution in [0, 0.1) is 0 Å². The first-order valence-corrected chi connectivity index (χ1v) is 7.67. The summed E-state index contributed by atoms with van der Waals surface area (Å²) < 4.78 is 11.6. The highest BCUT2D eigenvalue weighted by Gasteiger charge is 2.14. The number of benzene rings is 1. The first-order valence-electron chi connectivity index (χ1n) is 6.87. The Hall–Kier alpha value is -1.27. The van der Waals surface area contributed by atoms with Gasteiger partial charge in [0.2, 0.25) is 0 Å². The molecule has 1 amide bonds. The van der Waals surface area contributed by atoms with Gasteiger partial charge in [-0.3, -0.25) is 4.79 Å². The first kappa shape index (κ1) is 17.8. The van der Waals surface area contributed by atoms with Crippen LogP contribution in [0.25, 0.3) is 0 Å². The predicted molar refractivity (Wildman–Crippen MR) is 86.8 cm³/mol. The summed E-state index contributed by atoms with van der Waals surface area (Å²) in [6.45, 7) is 5.69. The average molecular weight is 359 g/mol. The number of halogens is 1. The topological polar surface area (TPSA) is 73.6 Å². The highest BCUT2D eigenvalue weighted by Crippen LogP contribution is 2.36. The molecule has 1 atom stereocenters. The van der Waals surface area contributed by atoms with Crippen LogP contribution in [0.15, 0.2) is 16.6 Å². The summed E-state index contributed by atoms with van der Waals surface area (Å²) in [6, 6.07) is 3.95. The molecule has 1 unspecified atom stereocenters. The average Bonchev–Trinajstić information content (AvgIpc) is 2.35. The molecule has 0 saturated heterocycles. The molecule has 6 heteroatoms. The Labute approximate surface area is 134 Å². The molecular formula is C15H23BrN2O3. The van der Waals surface area contributed by atoms with Crippen molar-refractivity contribution in [3.63, 3.8) is 0 Å². The molecule has 1 aromatic rings. The molecule has 1 rings (SSSR count). The number of ether oxygens (including phenoxy) is 2. The van der Waals surface area contributed by atoms with Gasteiger partial charge in [0, 0.05) is 12.1 Å². The summed E-state index contributed by atoms with van der Waals surface area (Å²) >= 11 is 3.45. The smallest absolute Gasteiger partial charge is 0.258 e. The van der Waals surface area contributed by atoms with Gasteiger partial charge in [0.25, 0.3) is 5.91 Å². The van der Waals surface area contributed by atoms with E-state index in [0.717, 1.165) is 16.5 Å². The van der Waals surface area contributed by atoms with Gasteiger partial charge in [-0.25, -0.2) is 0 Å². The quantitative estimate of drug-likeness (QED) is 0.783. The molecule has 0 heterocycles. The lowest BCUT2D eigenvalue weighted by Crippen LogP contribution is -2.34. The normalized spacial score (nSPS) is 12.1. The number of carbonyl (C=O) groups excluding carboxylic acids is 1. The molecule has 5 nitrogen and oxygen atoms in total. The van der Waals surface area contributed by atoms with Gasteiger partial charge in [-0.15, -0.1) is 0 Å². The molecule has 3 N–H and O–H groups in total. The predicted octanol–water partition coefficient (Wildman–Crippen LogP) is 2.25. The van der Waals surface area contributed by atoms with Crippen LogP contribution in [0.2, 0.25) is 0 Å². The molecule has 1 aromatic carbocycles. The molecule has 0 fully saturated rings. The van der Waals surface area contributed by atoms with Gasteiger partial charge >= 0.3 is 0 Å². The standard InChI is InChI=1S/C15H23BrN2O3/c1-9(2)18-14(19)8-21-15-12(16)6-11(5-10(3)17)7-13(15)20-4/h6-7,9-10H,5,8,17H2,1-4H3,(H,18,19). The molecule has 0 aliphatic carbocycles. The number of hydrogen-bond acceptors (Lipinski definition) is 4.